The largest absolute Gasteiger partial charge is 0.382 e. The summed E-state index contributed by atoms with van der Waals surface area (Å²) in [6.45, 7) is 1.88. The molecule has 17 heavy (non-hydrogen) atoms. The Labute approximate surface area is 97.5 Å². The monoisotopic (exact) mass is 245 g/mol. The van der Waals surface area contributed by atoms with E-state index in [1.165, 1.54) is 14.0 Å². The SMILES string of the molecule is COCCONC(=O)c1cc(C)c(F)cc1F. The fraction of sp³-hybridized carbons (Fsp3) is 0.364. The predicted molar refractivity (Wildman–Crippen MR) is 56.4 cm³/mol. The van der Waals surface area contributed by atoms with E-state index in [1.54, 1.807) is 0 Å². The molecule has 1 aromatic rings. The van der Waals surface area contributed by atoms with Crippen molar-refractivity contribution in [3.05, 3.63) is 34.9 Å². The van der Waals surface area contributed by atoms with E-state index >= 15 is 0 Å². The van der Waals surface area contributed by atoms with Gasteiger partial charge in [0, 0.05) is 13.2 Å². The fourth-order valence-corrected chi connectivity index (χ4v) is 1.13. The normalized spacial score (nSPS) is 10.4. The number of nitrogens with one attached hydrogen (secondary N) is 1. The van der Waals surface area contributed by atoms with Crippen LogP contribution in [0, 0.1) is 18.6 Å². The summed E-state index contributed by atoms with van der Waals surface area (Å²) in [5.74, 6) is -2.39. The zero-order chi connectivity index (χ0) is 12.8. The molecule has 1 amide bonds. The van der Waals surface area contributed by atoms with E-state index in [4.69, 9.17) is 4.84 Å². The Bertz CT molecular complexity index is 410. The van der Waals surface area contributed by atoms with Crippen molar-refractivity contribution in [3.63, 3.8) is 0 Å². The van der Waals surface area contributed by atoms with Gasteiger partial charge in [0.2, 0.25) is 0 Å². The molecule has 0 radical (unpaired) electrons. The van der Waals surface area contributed by atoms with Crippen molar-refractivity contribution in [2.75, 3.05) is 20.3 Å². The summed E-state index contributed by atoms with van der Waals surface area (Å²) in [4.78, 5) is 16.2. The zero-order valence-electron chi connectivity index (χ0n) is 9.55. The topological polar surface area (TPSA) is 47.6 Å². The fourth-order valence-electron chi connectivity index (χ4n) is 1.13. The molecular formula is C11H13F2NO3. The number of methoxy groups -OCH3 is 1. The van der Waals surface area contributed by atoms with Crippen LogP contribution in [0.2, 0.25) is 0 Å². The van der Waals surface area contributed by atoms with Crippen molar-refractivity contribution in [1.82, 2.24) is 5.48 Å². The van der Waals surface area contributed by atoms with Gasteiger partial charge in [-0.3, -0.25) is 9.63 Å². The van der Waals surface area contributed by atoms with E-state index in [1.807, 2.05) is 5.48 Å². The molecule has 4 nitrogen and oxygen atoms in total. The molecule has 0 unspecified atom stereocenters. The lowest BCUT2D eigenvalue weighted by molar-refractivity contribution is 0.00864. The minimum atomic E-state index is -0.930. The minimum Gasteiger partial charge on any atom is -0.382 e. The molecule has 0 aromatic heterocycles. The maximum atomic E-state index is 13.3. The Balaban J connectivity index is 2.66. The highest BCUT2D eigenvalue weighted by Crippen LogP contribution is 2.13. The average Bonchev–Trinajstić information content (AvgIpc) is 2.29. The summed E-state index contributed by atoms with van der Waals surface area (Å²) in [5.41, 5.74) is 1.97. The Hall–Kier alpha value is -1.53. The van der Waals surface area contributed by atoms with Gasteiger partial charge in [-0.2, -0.15) is 0 Å². The molecule has 0 bridgehead atoms. The Morgan fingerprint density at radius 3 is 2.65 bits per heavy atom. The van der Waals surface area contributed by atoms with Crippen LogP contribution in [0.25, 0.3) is 0 Å². The molecule has 1 rings (SSSR count). The van der Waals surface area contributed by atoms with E-state index in [9.17, 15) is 13.6 Å². The third-order valence-electron chi connectivity index (χ3n) is 2.05. The summed E-state index contributed by atoms with van der Waals surface area (Å²) in [7, 11) is 1.48. The van der Waals surface area contributed by atoms with E-state index in [0.717, 1.165) is 6.07 Å². The third kappa shape index (κ3) is 3.76. The van der Waals surface area contributed by atoms with Crippen molar-refractivity contribution in [1.29, 1.82) is 0 Å². The van der Waals surface area contributed by atoms with E-state index < -0.39 is 17.5 Å². The van der Waals surface area contributed by atoms with Gasteiger partial charge >= 0.3 is 0 Å². The van der Waals surface area contributed by atoms with Gasteiger partial charge in [-0.1, -0.05) is 0 Å². The van der Waals surface area contributed by atoms with Crippen molar-refractivity contribution in [3.8, 4) is 0 Å². The van der Waals surface area contributed by atoms with Gasteiger partial charge in [0.05, 0.1) is 18.8 Å². The van der Waals surface area contributed by atoms with Gasteiger partial charge in [-0.15, -0.1) is 0 Å². The molecule has 6 heteroatoms. The van der Waals surface area contributed by atoms with Gasteiger partial charge in [-0.05, 0) is 18.6 Å². The van der Waals surface area contributed by atoms with Crippen molar-refractivity contribution in [2.24, 2.45) is 0 Å². The molecule has 0 aliphatic rings. The number of ether oxygens (including phenoxy) is 1. The van der Waals surface area contributed by atoms with Crippen LogP contribution in [0.1, 0.15) is 15.9 Å². The number of hydrogen-bond acceptors (Lipinski definition) is 3. The first-order valence-corrected chi connectivity index (χ1v) is 4.93. The summed E-state index contributed by atoms with van der Waals surface area (Å²) in [6, 6.07) is 1.79. The zero-order valence-corrected chi connectivity index (χ0v) is 9.55. The van der Waals surface area contributed by atoms with E-state index in [-0.39, 0.29) is 17.7 Å². The smallest absolute Gasteiger partial charge is 0.277 e. The molecule has 0 fully saturated rings. The summed E-state index contributed by atoms with van der Waals surface area (Å²) in [5, 5.41) is 0. The standard InChI is InChI=1S/C11H13F2NO3/c1-7-5-8(10(13)6-9(7)12)11(15)14-17-4-3-16-2/h5-6H,3-4H2,1-2H3,(H,14,15). The summed E-state index contributed by atoms with van der Waals surface area (Å²) < 4.78 is 30.9. The van der Waals surface area contributed by atoms with Gasteiger partial charge < -0.3 is 4.74 Å². The van der Waals surface area contributed by atoms with E-state index in [2.05, 4.69) is 4.74 Å². The summed E-state index contributed by atoms with van der Waals surface area (Å²) >= 11 is 0. The second-order valence-electron chi connectivity index (χ2n) is 3.35. The molecule has 0 aliphatic heterocycles. The first kappa shape index (κ1) is 13.5. The van der Waals surface area contributed by atoms with Gasteiger partial charge in [0.1, 0.15) is 11.6 Å². The predicted octanol–water partition coefficient (Wildman–Crippen LogP) is 1.58. The number of carbonyl (C=O) groups is 1. The number of rotatable bonds is 5. The lowest BCUT2D eigenvalue weighted by Gasteiger charge is -2.07. The highest BCUT2D eigenvalue weighted by atomic mass is 19.1. The van der Waals surface area contributed by atoms with Crippen LogP contribution < -0.4 is 5.48 Å². The van der Waals surface area contributed by atoms with Crippen LogP contribution >= 0.6 is 0 Å². The molecular weight excluding hydrogens is 232 g/mol. The maximum Gasteiger partial charge on any atom is 0.277 e. The van der Waals surface area contributed by atoms with Crippen molar-refractivity contribution >= 4 is 5.91 Å². The molecule has 1 aromatic carbocycles. The number of carbonyl (C=O) groups excluding carboxylic acids is 1. The first-order valence-electron chi connectivity index (χ1n) is 4.93. The first-order chi connectivity index (χ1) is 8.06. The van der Waals surface area contributed by atoms with Crippen molar-refractivity contribution in [2.45, 2.75) is 6.92 Å². The van der Waals surface area contributed by atoms with Crippen LogP contribution in [0.4, 0.5) is 8.78 Å². The van der Waals surface area contributed by atoms with Gasteiger partial charge in [0.25, 0.3) is 5.91 Å². The molecule has 1 N–H and O–H groups in total. The number of benzene rings is 1. The van der Waals surface area contributed by atoms with E-state index in [0.29, 0.717) is 12.7 Å². The maximum absolute atomic E-state index is 13.3. The molecule has 0 atom stereocenters. The number of amides is 1. The van der Waals surface area contributed by atoms with Crippen LogP contribution in [0.5, 0.6) is 0 Å². The Kier molecular flexibility index (Phi) is 4.99. The van der Waals surface area contributed by atoms with Gasteiger partial charge in [-0.25, -0.2) is 14.3 Å². The Morgan fingerprint density at radius 1 is 1.29 bits per heavy atom. The number of halogens is 2. The number of aryl methyl sites for hydroxylation is 1. The molecule has 0 heterocycles. The van der Waals surface area contributed by atoms with Gasteiger partial charge in [0.15, 0.2) is 0 Å². The molecule has 0 spiro atoms. The van der Waals surface area contributed by atoms with Crippen LogP contribution in [0.3, 0.4) is 0 Å². The molecule has 94 valence electrons. The van der Waals surface area contributed by atoms with Crippen LogP contribution in [-0.2, 0) is 9.57 Å². The lowest BCUT2D eigenvalue weighted by atomic mass is 10.1. The second kappa shape index (κ2) is 6.27. The quantitative estimate of drug-likeness (QED) is 0.633. The molecule has 0 saturated heterocycles. The van der Waals surface area contributed by atoms with Crippen LogP contribution in [0.15, 0.2) is 12.1 Å². The highest BCUT2D eigenvalue weighted by Gasteiger charge is 2.14. The Morgan fingerprint density at radius 2 is 2.00 bits per heavy atom. The number of hydroxylamine groups is 1. The second-order valence-corrected chi connectivity index (χ2v) is 3.35. The lowest BCUT2D eigenvalue weighted by Crippen LogP contribution is -2.26. The average molecular weight is 245 g/mol. The van der Waals surface area contributed by atoms with Crippen LogP contribution in [-0.4, -0.2) is 26.2 Å². The third-order valence-corrected chi connectivity index (χ3v) is 2.05. The highest BCUT2D eigenvalue weighted by molar-refractivity contribution is 5.93. The van der Waals surface area contributed by atoms with Crippen molar-refractivity contribution < 1.29 is 23.1 Å². The molecule has 0 aliphatic carbocycles. The summed E-state index contributed by atoms with van der Waals surface area (Å²) in [6.07, 6.45) is 0. The molecule has 0 saturated carbocycles. The number of hydrogen-bond donors (Lipinski definition) is 1. The minimum absolute atomic E-state index is 0.143.